The zero-order valence-corrected chi connectivity index (χ0v) is 25.6. The molecule has 4 aliphatic carbocycles. The van der Waals surface area contributed by atoms with Crippen LogP contribution in [-0.4, -0.2) is 36.2 Å². The molecule has 0 bridgehead atoms. The molecule has 39 heavy (non-hydrogen) atoms. The van der Waals surface area contributed by atoms with E-state index in [1.54, 1.807) is 0 Å². The lowest BCUT2D eigenvalue weighted by molar-refractivity contribution is -0.175. The molecule has 4 aliphatic rings. The summed E-state index contributed by atoms with van der Waals surface area (Å²) in [4.78, 5) is 36.5. The van der Waals surface area contributed by atoms with Gasteiger partial charge in [0.2, 0.25) is 0 Å². The number of hydrogen-bond acceptors (Lipinski definition) is 6. The van der Waals surface area contributed by atoms with Gasteiger partial charge in [-0.25, -0.2) is 0 Å². The molecule has 0 saturated heterocycles. The summed E-state index contributed by atoms with van der Waals surface area (Å²) in [5, 5.41) is 0. The predicted octanol–water partition coefficient (Wildman–Crippen LogP) is 7.04. The Balaban J connectivity index is 1.68. The molecule has 10 atom stereocenters. The number of carbonyl (C=O) groups excluding carboxylic acids is 3. The van der Waals surface area contributed by atoms with Gasteiger partial charge in [0.25, 0.3) is 0 Å². The molecule has 0 aromatic rings. The third-order valence-corrected chi connectivity index (χ3v) is 11.2. The van der Waals surface area contributed by atoms with Crippen molar-refractivity contribution in [3.8, 4) is 0 Å². The van der Waals surface area contributed by atoms with Gasteiger partial charge in [-0.15, -0.1) is 0 Å². The number of esters is 3. The normalized spacial score (nSPS) is 40.0. The van der Waals surface area contributed by atoms with Crippen molar-refractivity contribution in [2.45, 2.75) is 131 Å². The van der Waals surface area contributed by atoms with E-state index < -0.39 is 18.2 Å². The van der Waals surface area contributed by atoms with Crippen LogP contribution in [0.1, 0.15) is 113 Å². The smallest absolute Gasteiger partial charge is 0.303 e. The van der Waals surface area contributed by atoms with Crippen LogP contribution in [0.5, 0.6) is 0 Å². The van der Waals surface area contributed by atoms with Crippen LogP contribution in [0.2, 0.25) is 0 Å². The summed E-state index contributed by atoms with van der Waals surface area (Å²) >= 11 is 0. The van der Waals surface area contributed by atoms with E-state index in [1.165, 1.54) is 59.3 Å². The molecule has 4 rings (SSSR count). The Kier molecular flexibility index (Phi) is 8.93. The average Bonchev–Trinajstić information content (AvgIpc) is 3.17. The third-order valence-electron chi connectivity index (χ3n) is 11.2. The Morgan fingerprint density at radius 1 is 0.846 bits per heavy atom. The van der Waals surface area contributed by atoms with Crippen molar-refractivity contribution >= 4 is 17.9 Å². The highest BCUT2D eigenvalue weighted by Crippen LogP contribution is 2.68. The lowest BCUT2D eigenvalue weighted by Crippen LogP contribution is -2.58. The zero-order valence-electron chi connectivity index (χ0n) is 25.6. The van der Waals surface area contributed by atoms with Gasteiger partial charge in [0.05, 0.1) is 0 Å². The first-order valence-corrected chi connectivity index (χ1v) is 15.5. The molecule has 0 radical (unpaired) electrons. The van der Waals surface area contributed by atoms with Crippen LogP contribution in [0.3, 0.4) is 0 Å². The second-order valence-electron chi connectivity index (χ2n) is 14.2. The second kappa shape index (κ2) is 11.6. The van der Waals surface area contributed by atoms with E-state index in [1.807, 2.05) is 0 Å². The third kappa shape index (κ3) is 5.81. The highest BCUT2D eigenvalue weighted by atomic mass is 16.6. The first-order chi connectivity index (χ1) is 18.3. The van der Waals surface area contributed by atoms with Gasteiger partial charge in [-0.05, 0) is 90.6 Å². The van der Waals surface area contributed by atoms with Gasteiger partial charge in [0.15, 0.2) is 6.10 Å². The highest BCUT2D eigenvalue weighted by Gasteiger charge is 2.63. The summed E-state index contributed by atoms with van der Waals surface area (Å²) in [7, 11) is 0. The Labute approximate surface area is 236 Å². The Bertz CT molecular complexity index is 969. The molecule has 0 spiro atoms. The van der Waals surface area contributed by atoms with Crippen LogP contribution in [0.25, 0.3) is 0 Å². The van der Waals surface area contributed by atoms with E-state index in [0.29, 0.717) is 30.1 Å². The summed E-state index contributed by atoms with van der Waals surface area (Å²) in [5.41, 5.74) is 1.02. The van der Waals surface area contributed by atoms with Crippen LogP contribution < -0.4 is 0 Å². The lowest BCUT2D eigenvalue weighted by atomic mass is 9.46. The SMILES string of the molecule is CC(=O)O[C@H]1CC[C@@]2(C)C(=C[C@@H](OC(C)=O)[C@H]3[C@@H]4CC[C@H]([C@H](C)CCCC(C)C)[C@@]4(C)CC[C@@H]32)[C@H]1OC(C)=O. The molecule has 0 aromatic heterocycles. The quantitative estimate of drug-likeness (QED) is 0.185. The molecule has 3 fully saturated rings. The van der Waals surface area contributed by atoms with Gasteiger partial charge >= 0.3 is 17.9 Å². The minimum atomic E-state index is -0.644. The van der Waals surface area contributed by atoms with E-state index in [0.717, 1.165) is 24.3 Å². The Morgan fingerprint density at radius 3 is 2.13 bits per heavy atom. The summed E-state index contributed by atoms with van der Waals surface area (Å²) in [6.07, 6.45) is 10.6. The number of fused-ring (bicyclic) bond motifs is 5. The zero-order chi connectivity index (χ0) is 28.7. The summed E-state index contributed by atoms with van der Waals surface area (Å²) < 4.78 is 17.6. The standard InChI is InChI=1S/C33H52O6/c1-19(2)10-9-11-20(3)24-12-13-25-30-26(14-16-32(24,25)7)33(8)17-15-28(37-21(4)34)31(39-23(6)36)27(33)18-29(30)38-22(5)35/h18-20,24-26,28-31H,9-17H2,1-8H3/t20-,24-,25+,26+,28+,29-,30+,31-,32-,33-/m1/s1. The van der Waals surface area contributed by atoms with Gasteiger partial charge in [0.1, 0.15) is 12.2 Å². The minimum Gasteiger partial charge on any atom is -0.458 e. The maximum atomic E-state index is 12.4. The molecule has 0 aromatic carbocycles. The minimum absolute atomic E-state index is 0.194. The van der Waals surface area contributed by atoms with Gasteiger partial charge in [0, 0.05) is 26.7 Å². The average molecular weight is 545 g/mol. The Morgan fingerprint density at radius 2 is 1.51 bits per heavy atom. The fourth-order valence-corrected chi connectivity index (χ4v) is 9.61. The molecular formula is C33H52O6. The van der Waals surface area contributed by atoms with Gasteiger partial charge in [-0.1, -0.05) is 53.9 Å². The van der Waals surface area contributed by atoms with Crippen molar-refractivity contribution in [2.75, 3.05) is 0 Å². The molecule has 3 saturated carbocycles. The number of hydrogen-bond donors (Lipinski definition) is 0. The topological polar surface area (TPSA) is 78.9 Å². The maximum Gasteiger partial charge on any atom is 0.303 e. The van der Waals surface area contributed by atoms with E-state index in [4.69, 9.17) is 14.2 Å². The number of carbonyl (C=O) groups is 3. The van der Waals surface area contributed by atoms with E-state index in [9.17, 15) is 14.4 Å². The summed E-state index contributed by atoms with van der Waals surface area (Å²) in [6.45, 7) is 16.2. The van der Waals surface area contributed by atoms with E-state index in [2.05, 4.69) is 40.7 Å². The van der Waals surface area contributed by atoms with E-state index >= 15 is 0 Å². The first-order valence-electron chi connectivity index (χ1n) is 15.5. The Hall–Kier alpha value is -1.85. The summed E-state index contributed by atoms with van der Waals surface area (Å²) in [5.74, 6) is 2.16. The first kappa shape index (κ1) is 30.1. The van der Waals surface area contributed by atoms with Crippen LogP contribution in [0.15, 0.2) is 11.6 Å². The number of rotatable bonds is 8. The molecule has 6 nitrogen and oxygen atoms in total. The molecule has 0 heterocycles. The molecule has 220 valence electrons. The van der Waals surface area contributed by atoms with Crippen molar-refractivity contribution in [1.29, 1.82) is 0 Å². The van der Waals surface area contributed by atoms with Crippen molar-refractivity contribution in [2.24, 2.45) is 46.3 Å². The summed E-state index contributed by atoms with van der Waals surface area (Å²) in [6, 6.07) is 0. The largest absolute Gasteiger partial charge is 0.458 e. The van der Waals surface area contributed by atoms with Gasteiger partial charge < -0.3 is 14.2 Å². The van der Waals surface area contributed by atoms with Gasteiger partial charge in [-0.2, -0.15) is 0 Å². The molecule has 0 unspecified atom stereocenters. The van der Waals surface area contributed by atoms with Crippen LogP contribution >= 0.6 is 0 Å². The molecule has 0 N–H and O–H groups in total. The molecule has 6 heteroatoms. The molecule has 0 aliphatic heterocycles. The van der Waals surface area contributed by atoms with Crippen molar-refractivity contribution in [3.63, 3.8) is 0 Å². The fourth-order valence-electron chi connectivity index (χ4n) is 9.61. The molecular weight excluding hydrogens is 492 g/mol. The van der Waals surface area contributed by atoms with Crippen LogP contribution in [-0.2, 0) is 28.6 Å². The van der Waals surface area contributed by atoms with Crippen LogP contribution in [0, 0.1) is 46.3 Å². The van der Waals surface area contributed by atoms with Gasteiger partial charge in [-0.3, -0.25) is 14.4 Å². The lowest BCUT2D eigenvalue weighted by Gasteiger charge is -2.60. The monoisotopic (exact) mass is 544 g/mol. The fraction of sp³-hybridized carbons (Fsp3) is 0.848. The second-order valence-corrected chi connectivity index (χ2v) is 14.2. The number of ether oxygens (including phenoxy) is 3. The van der Waals surface area contributed by atoms with Crippen molar-refractivity contribution in [3.05, 3.63) is 11.6 Å². The van der Waals surface area contributed by atoms with Crippen LogP contribution in [0.4, 0.5) is 0 Å². The van der Waals surface area contributed by atoms with E-state index in [-0.39, 0.29) is 34.8 Å². The maximum absolute atomic E-state index is 12.4. The van der Waals surface area contributed by atoms with Crippen molar-refractivity contribution < 1.29 is 28.6 Å². The molecule has 0 amide bonds. The highest BCUT2D eigenvalue weighted by molar-refractivity contribution is 5.68. The predicted molar refractivity (Wildman–Crippen MR) is 150 cm³/mol. The van der Waals surface area contributed by atoms with Crippen molar-refractivity contribution in [1.82, 2.24) is 0 Å².